The van der Waals surface area contributed by atoms with Gasteiger partial charge in [0.2, 0.25) is 0 Å². The molecule has 1 aromatic heterocycles. The van der Waals surface area contributed by atoms with Crippen LogP contribution >= 0.6 is 0 Å². The molecule has 3 N–H and O–H groups in total. The maximum Gasteiger partial charge on any atom is 0.280 e. The lowest BCUT2D eigenvalue weighted by molar-refractivity contribution is 0.102. The summed E-state index contributed by atoms with van der Waals surface area (Å²) in [4.78, 5) is 12.5. The van der Waals surface area contributed by atoms with Gasteiger partial charge in [-0.05, 0) is 37.6 Å². The Bertz CT molecular complexity index is 904. The third-order valence-electron chi connectivity index (χ3n) is 3.71. The van der Waals surface area contributed by atoms with Crippen LogP contribution in [0.15, 0.2) is 48.5 Å². The number of nitrogens with one attached hydrogen (secondary N) is 1. The van der Waals surface area contributed by atoms with Crippen LogP contribution in [0, 0.1) is 6.92 Å². The Morgan fingerprint density at radius 1 is 1.20 bits per heavy atom. The van der Waals surface area contributed by atoms with E-state index in [2.05, 4.69) is 15.6 Å². The summed E-state index contributed by atoms with van der Waals surface area (Å²) in [6.07, 6.45) is 0. The van der Waals surface area contributed by atoms with E-state index in [0.717, 1.165) is 5.56 Å². The SMILES string of the molecule is CCOc1ccccc1-n1nnc(C(=O)Nc2ccccc2C)c1N. The van der Waals surface area contributed by atoms with Gasteiger partial charge in [0.1, 0.15) is 11.4 Å². The standard InChI is InChI=1S/C18H19N5O2/c1-3-25-15-11-7-6-10-14(15)23-17(19)16(21-22-23)18(24)20-13-9-5-4-8-12(13)2/h4-11H,3,19H2,1-2H3,(H,20,24). The van der Waals surface area contributed by atoms with E-state index in [-0.39, 0.29) is 11.5 Å². The predicted molar refractivity (Wildman–Crippen MR) is 96.1 cm³/mol. The lowest BCUT2D eigenvalue weighted by Gasteiger charge is -2.10. The predicted octanol–water partition coefficient (Wildman–Crippen LogP) is 2.81. The molecule has 0 fully saturated rings. The zero-order valence-corrected chi connectivity index (χ0v) is 14.1. The second-order valence-corrected chi connectivity index (χ2v) is 5.40. The highest BCUT2D eigenvalue weighted by molar-refractivity contribution is 6.06. The summed E-state index contributed by atoms with van der Waals surface area (Å²) in [6, 6.07) is 14.8. The number of carbonyl (C=O) groups excluding carboxylic acids is 1. The van der Waals surface area contributed by atoms with Crippen LogP contribution in [0.2, 0.25) is 0 Å². The molecular weight excluding hydrogens is 318 g/mol. The second kappa shape index (κ2) is 7.04. The normalized spacial score (nSPS) is 10.5. The average molecular weight is 337 g/mol. The van der Waals surface area contributed by atoms with E-state index in [1.165, 1.54) is 4.68 Å². The molecule has 0 aliphatic heterocycles. The van der Waals surface area contributed by atoms with Crippen LogP contribution in [0.5, 0.6) is 5.75 Å². The number of aromatic nitrogens is 3. The summed E-state index contributed by atoms with van der Waals surface area (Å²) in [7, 11) is 0. The van der Waals surface area contributed by atoms with Gasteiger partial charge < -0.3 is 15.8 Å². The van der Waals surface area contributed by atoms with Gasteiger partial charge in [0, 0.05) is 5.69 Å². The molecule has 1 heterocycles. The van der Waals surface area contributed by atoms with E-state index in [9.17, 15) is 4.79 Å². The van der Waals surface area contributed by atoms with Gasteiger partial charge in [0.05, 0.1) is 6.61 Å². The molecule has 0 bridgehead atoms. The van der Waals surface area contributed by atoms with E-state index in [4.69, 9.17) is 10.5 Å². The van der Waals surface area contributed by atoms with Crippen molar-refractivity contribution in [3.8, 4) is 11.4 Å². The molecule has 0 saturated carbocycles. The molecule has 2 aromatic carbocycles. The molecule has 7 heteroatoms. The minimum atomic E-state index is -0.410. The number of hydrogen-bond acceptors (Lipinski definition) is 5. The molecule has 0 aliphatic carbocycles. The van der Waals surface area contributed by atoms with Crippen LogP contribution in [0.3, 0.4) is 0 Å². The number of hydrogen-bond donors (Lipinski definition) is 2. The van der Waals surface area contributed by atoms with Crippen molar-refractivity contribution < 1.29 is 9.53 Å². The zero-order valence-electron chi connectivity index (χ0n) is 14.1. The highest BCUT2D eigenvalue weighted by Crippen LogP contribution is 2.25. The number of nitrogens with two attached hydrogens (primary N) is 1. The van der Waals surface area contributed by atoms with Crippen LogP contribution in [0.1, 0.15) is 23.0 Å². The fraction of sp³-hybridized carbons (Fsp3) is 0.167. The van der Waals surface area contributed by atoms with Crippen LogP contribution in [-0.2, 0) is 0 Å². The van der Waals surface area contributed by atoms with E-state index < -0.39 is 5.91 Å². The monoisotopic (exact) mass is 337 g/mol. The Hall–Kier alpha value is -3.35. The van der Waals surface area contributed by atoms with Crippen molar-refractivity contribution in [2.24, 2.45) is 0 Å². The molecule has 0 spiro atoms. The lowest BCUT2D eigenvalue weighted by atomic mass is 10.2. The summed E-state index contributed by atoms with van der Waals surface area (Å²) in [5, 5.41) is 10.8. The van der Waals surface area contributed by atoms with E-state index in [0.29, 0.717) is 23.7 Å². The van der Waals surface area contributed by atoms with Gasteiger partial charge in [-0.2, -0.15) is 4.68 Å². The minimum absolute atomic E-state index is 0.0644. The molecule has 0 unspecified atom stereocenters. The summed E-state index contributed by atoms with van der Waals surface area (Å²) < 4.78 is 6.98. The topological polar surface area (TPSA) is 95.1 Å². The number of nitrogen functional groups attached to an aromatic ring is 1. The third kappa shape index (κ3) is 3.30. The molecule has 0 radical (unpaired) electrons. The van der Waals surface area contributed by atoms with Gasteiger partial charge in [0.25, 0.3) is 5.91 Å². The zero-order chi connectivity index (χ0) is 17.8. The van der Waals surface area contributed by atoms with Crippen molar-refractivity contribution in [1.29, 1.82) is 0 Å². The van der Waals surface area contributed by atoms with Gasteiger partial charge in [-0.15, -0.1) is 5.10 Å². The number of rotatable bonds is 5. The van der Waals surface area contributed by atoms with Crippen molar-refractivity contribution in [2.45, 2.75) is 13.8 Å². The smallest absolute Gasteiger partial charge is 0.280 e. The number of ether oxygens (including phenoxy) is 1. The van der Waals surface area contributed by atoms with Crippen molar-refractivity contribution in [3.63, 3.8) is 0 Å². The van der Waals surface area contributed by atoms with Gasteiger partial charge in [-0.1, -0.05) is 35.5 Å². The molecule has 25 heavy (non-hydrogen) atoms. The molecule has 3 rings (SSSR count). The molecule has 0 aliphatic rings. The maximum absolute atomic E-state index is 12.5. The van der Waals surface area contributed by atoms with Gasteiger partial charge in [0.15, 0.2) is 11.5 Å². The Balaban J connectivity index is 1.91. The fourth-order valence-electron chi connectivity index (χ4n) is 2.43. The van der Waals surface area contributed by atoms with Crippen LogP contribution in [-0.4, -0.2) is 27.5 Å². The van der Waals surface area contributed by atoms with Gasteiger partial charge in [-0.3, -0.25) is 4.79 Å². The minimum Gasteiger partial charge on any atom is -0.492 e. The molecule has 3 aromatic rings. The lowest BCUT2D eigenvalue weighted by Crippen LogP contribution is -2.15. The number of nitrogens with zero attached hydrogens (tertiary/aromatic N) is 3. The number of benzene rings is 2. The van der Waals surface area contributed by atoms with Crippen LogP contribution < -0.4 is 15.8 Å². The third-order valence-corrected chi connectivity index (χ3v) is 3.71. The molecular formula is C18H19N5O2. The molecule has 0 atom stereocenters. The number of para-hydroxylation sites is 3. The van der Waals surface area contributed by atoms with Crippen molar-refractivity contribution >= 4 is 17.4 Å². The summed E-state index contributed by atoms with van der Waals surface area (Å²) in [5.74, 6) is 0.359. The largest absolute Gasteiger partial charge is 0.492 e. The van der Waals surface area contributed by atoms with Crippen molar-refractivity contribution in [1.82, 2.24) is 15.0 Å². The number of anilines is 2. The highest BCUT2D eigenvalue weighted by atomic mass is 16.5. The molecule has 1 amide bonds. The van der Waals surface area contributed by atoms with E-state index in [1.807, 2.05) is 56.3 Å². The van der Waals surface area contributed by atoms with Gasteiger partial charge >= 0.3 is 0 Å². The summed E-state index contributed by atoms with van der Waals surface area (Å²) >= 11 is 0. The molecule has 0 saturated heterocycles. The first-order chi connectivity index (χ1) is 12.1. The highest BCUT2D eigenvalue weighted by Gasteiger charge is 2.20. The van der Waals surface area contributed by atoms with Crippen LogP contribution in [0.4, 0.5) is 11.5 Å². The Kier molecular flexibility index (Phi) is 4.65. The Morgan fingerprint density at radius 3 is 2.68 bits per heavy atom. The first-order valence-corrected chi connectivity index (χ1v) is 7.92. The second-order valence-electron chi connectivity index (χ2n) is 5.40. The van der Waals surface area contributed by atoms with E-state index >= 15 is 0 Å². The number of amides is 1. The average Bonchev–Trinajstić information content (AvgIpc) is 2.99. The van der Waals surface area contributed by atoms with Crippen molar-refractivity contribution in [2.75, 3.05) is 17.7 Å². The Morgan fingerprint density at radius 2 is 1.92 bits per heavy atom. The molecule has 7 nitrogen and oxygen atoms in total. The maximum atomic E-state index is 12.5. The Labute approximate surface area is 145 Å². The van der Waals surface area contributed by atoms with Crippen molar-refractivity contribution in [3.05, 3.63) is 59.8 Å². The fourth-order valence-corrected chi connectivity index (χ4v) is 2.43. The quantitative estimate of drug-likeness (QED) is 0.746. The van der Waals surface area contributed by atoms with E-state index in [1.54, 1.807) is 6.07 Å². The van der Waals surface area contributed by atoms with Crippen LogP contribution in [0.25, 0.3) is 5.69 Å². The number of carbonyl (C=O) groups is 1. The summed E-state index contributed by atoms with van der Waals surface area (Å²) in [5.41, 5.74) is 8.46. The number of aryl methyl sites for hydroxylation is 1. The molecule has 128 valence electrons. The van der Waals surface area contributed by atoms with Gasteiger partial charge in [-0.25, -0.2) is 0 Å². The first-order valence-electron chi connectivity index (χ1n) is 7.92. The summed E-state index contributed by atoms with van der Waals surface area (Å²) in [6.45, 7) is 4.31. The first kappa shape index (κ1) is 16.5.